The van der Waals surface area contributed by atoms with Crippen LogP contribution in [0.2, 0.25) is 0 Å². The number of H-pyrrole nitrogens is 1. The minimum atomic E-state index is -2.96. The van der Waals surface area contributed by atoms with Gasteiger partial charge in [0.05, 0.1) is 16.7 Å². The highest BCUT2D eigenvalue weighted by Gasteiger charge is 2.47. The second kappa shape index (κ2) is 10.9. The standard InChI is InChI=1S/C27H34F2N4O3S/c1-5-9-27(24(34)35)12-18(26(2,3)4)14-33(16-27)15-19-13-30-23(37-19)20-11-17(21-8-10-31-32-21)6-7-22(20)36-25(28)29/h6-8,10-11,13,18,25H,5,9,12,14-16H2,1-4H3,(H,31,32)(H,34,35)/t18-,27-/m1/s1. The van der Waals surface area contributed by atoms with Crippen LogP contribution in [-0.2, 0) is 11.3 Å². The molecular weight excluding hydrogens is 498 g/mol. The number of rotatable bonds is 9. The molecule has 2 aromatic heterocycles. The van der Waals surface area contributed by atoms with Gasteiger partial charge in [0.2, 0.25) is 0 Å². The summed E-state index contributed by atoms with van der Waals surface area (Å²) in [6.45, 7) is 7.40. The molecule has 0 bridgehead atoms. The fraction of sp³-hybridized carbons (Fsp3) is 0.519. The molecule has 3 aromatic rings. The summed E-state index contributed by atoms with van der Waals surface area (Å²) >= 11 is 1.41. The SMILES string of the molecule is CCC[C@@]1(C(=O)O)C[C@@H](C(C)(C)C)CN(Cc2cnc(-c3cc(-c4ccn[nH]4)ccc3OC(F)F)s2)C1. The van der Waals surface area contributed by atoms with E-state index >= 15 is 0 Å². The highest BCUT2D eigenvalue weighted by atomic mass is 32.1. The number of likely N-dealkylation sites (tertiary alicyclic amines) is 1. The highest BCUT2D eigenvalue weighted by Crippen LogP contribution is 2.45. The number of nitrogens with one attached hydrogen (secondary N) is 1. The molecule has 0 amide bonds. The Labute approximate surface area is 219 Å². The van der Waals surface area contributed by atoms with E-state index in [2.05, 4.69) is 40.9 Å². The van der Waals surface area contributed by atoms with E-state index in [1.807, 2.05) is 6.92 Å². The minimum Gasteiger partial charge on any atom is -0.481 e. The first-order chi connectivity index (χ1) is 17.5. The monoisotopic (exact) mass is 532 g/mol. The van der Waals surface area contributed by atoms with Gasteiger partial charge in [0, 0.05) is 42.5 Å². The van der Waals surface area contributed by atoms with E-state index < -0.39 is 18.0 Å². The lowest BCUT2D eigenvalue weighted by Crippen LogP contribution is -2.53. The molecule has 7 nitrogen and oxygen atoms in total. The van der Waals surface area contributed by atoms with Gasteiger partial charge in [-0.15, -0.1) is 11.3 Å². The summed E-state index contributed by atoms with van der Waals surface area (Å²) in [7, 11) is 0. The maximum absolute atomic E-state index is 13.1. The molecule has 37 heavy (non-hydrogen) atoms. The van der Waals surface area contributed by atoms with Crippen LogP contribution in [0.1, 0.15) is 51.8 Å². The first-order valence-electron chi connectivity index (χ1n) is 12.5. The molecule has 0 radical (unpaired) electrons. The number of aromatic nitrogens is 3. The number of aliphatic carboxylic acids is 1. The zero-order chi connectivity index (χ0) is 26.8. The quantitative estimate of drug-likeness (QED) is 0.325. The first-order valence-corrected chi connectivity index (χ1v) is 13.3. The van der Waals surface area contributed by atoms with Crippen LogP contribution >= 0.6 is 11.3 Å². The van der Waals surface area contributed by atoms with E-state index in [1.165, 1.54) is 17.4 Å². The highest BCUT2D eigenvalue weighted by molar-refractivity contribution is 7.15. The number of benzene rings is 1. The van der Waals surface area contributed by atoms with Crippen molar-refractivity contribution in [1.82, 2.24) is 20.1 Å². The van der Waals surface area contributed by atoms with Crippen LogP contribution in [0.25, 0.3) is 21.8 Å². The van der Waals surface area contributed by atoms with Crippen molar-refractivity contribution in [2.45, 2.75) is 60.1 Å². The van der Waals surface area contributed by atoms with E-state index in [1.54, 1.807) is 30.6 Å². The number of piperidine rings is 1. The van der Waals surface area contributed by atoms with Gasteiger partial charge in [-0.1, -0.05) is 34.1 Å². The van der Waals surface area contributed by atoms with Crippen molar-refractivity contribution < 1.29 is 23.4 Å². The number of carboxylic acid groups (broad SMARTS) is 1. The van der Waals surface area contributed by atoms with Gasteiger partial charge >= 0.3 is 12.6 Å². The van der Waals surface area contributed by atoms with Gasteiger partial charge in [0.15, 0.2) is 0 Å². The summed E-state index contributed by atoms with van der Waals surface area (Å²) in [6.07, 6.45) is 5.48. The topological polar surface area (TPSA) is 91.3 Å². The molecule has 1 aliphatic rings. The second-order valence-corrected chi connectivity index (χ2v) is 12.1. The zero-order valence-corrected chi connectivity index (χ0v) is 22.4. The van der Waals surface area contributed by atoms with Gasteiger partial charge in [-0.3, -0.25) is 14.8 Å². The van der Waals surface area contributed by atoms with E-state index in [0.717, 1.165) is 29.1 Å². The number of hydrogen-bond donors (Lipinski definition) is 2. The molecule has 1 aliphatic heterocycles. The van der Waals surface area contributed by atoms with Crippen LogP contribution in [-0.4, -0.2) is 50.9 Å². The van der Waals surface area contributed by atoms with Crippen LogP contribution in [0.3, 0.4) is 0 Å². The Morgan fingerprint density at radius 1 is 1.35 bits per heavy atom. The lowest BCUT2D eigenvalue weighted by Gasteiger charge is -2.48. The zero-order valence-electron chi connectivity index (χ0n) is 21.6. The number of nitrogens with zero attached hydrogens (tertiary/aromatic N) is 3. The fourth-order valence-corrected chi connectivity index (χ4v) is 6.21. The van der Waals surface area contributed by atoms with Gasteiger partial charge < -0.3 is 9.84 Å². The van der Waals surface area contributed by atoms with Gasteiger partial charge in [0.1, 0.15) is 10.8 Å². The van der Waals surface area contributed by atoms with Crippen molar-refractivity contribution in [3.8, 4) is 27.6 Å². The average molecular weight is 533 g/mol. The molecule has 3 heterocycles. The maximum atomic E-state index is 13.1. The third-order valence-electron chi connectivity index (χ3n) is 7.22. The van der Waals surface area contributed by atoms with Crippen molar-refractivity contribution in [2.24, 2.45) is 16.7 Å². The number of alkyl halides is 2. The van der Waals surface area contributed by atoms with Crippen molar-refractivity contribution in [1.29, 1.82) is 0 Å². The molecule has 2 atom stereocenters. The smallest absolute Gasteiger partial charge is 0.387 e. The number of halogens is 2. The summed E-state index contributed by atoms with van der Waals surface area (Å²) in [4.78, 5) is 20.2. The lowest BCUT2D eigenvalue weighted by molar-refractivity contribution is -0.156. The van der Waals surface area contributed by atoms with Crippen LogP contribution in [0.4, 0.5) is 8.78 Å². The summed E-state index contributed by atoms with van der Waals surface area (Å²) in [5.74, 6) is -0.450. The molecule has 200 valence electrons. The molecule has 1 aromatic carbocycles. The Balaban J connectivity index is 1.63. The number of carboxylic acids is 1. The maximum Gasteiger partial charge on any atom is 0.387 e. The van der Waals surface area contributed by atoms with E-state index in [0.29, 0.717) is 36.5 Å². The molecular formula is C27H34F2N4O3S. The van der Waals surface area contributed by atoms with Gasteiger partial charge in [-0.2, -0.15) is 13.9 Å². The molecule has 10 heteroatoms. The fourth-order valence-electron chi connectivity index (χ4n) is 5.23. The number of hydrogen-bond acceptors (Lipinski definition) is 6. The minimum absolute atomic E-state index is 0.0272. The Hall–Kier alpha value is -2.85. The molecule has 0 spiro atoms. The molecule has 0 saturated carbocycles. The third-order valence-corrected chi connectivity index (χ3v) is 8.24. The van der Waals surface area contributed by atoms with Crippen molar-refractivity contribution in [3.05, 3.63) is 41.5 Å². The number of thiazole rings is 1. The first kappa shape index (κ1) is 27.2. The average Bonchev–Trinajstić information content (AvgIpc) is 3.51. The molecule has 4 rings (SSSR count). The predicted octanol–water partition coefficient (Wildman–Crippen LogP) is 6.54. The second-order valence-electron chi connectivity index (χ2n) is 11.0. The van der Waals surface area contributed by atoms with Crippen molar-refractivity contribution in [2.75, 3.05) is 13.1 Å². The molecule has 1 saturated heterocycles. The molecule has 2 N–H and O–H groups in total. The van der Waals surface area contributed by atoms with Gasteiger partial charge in [-0.05, 0) is 48.4 Å². The predicted molar refractivity (Wildman–Crippen MR) is 140 cm³/mol. The number of aromatic amines is 1. The third kappa shape index (κ3) is 6.18. The number of carbonyl (C=O) groups is 1. The molecule has 1 fully saturated rings. The Kier molecular flexibility index (Phi) is 7.99. The summed E-state index contributed by atoms with van der Waals surface area (Å²) in [5, 5.41) is 17.6. The van der Waals surface area contributed by atoms with E-state index in [9.17, 15) is 18.7 Å². The Bertz CT molecular complexity index is 1210. The Morgan fingerprint density at radius 3 is 2.76 bits per heavy atom. The normalized spacial score (nSPS) is 20.9. The molecule has 0 unspecified atom stereocenters. The lowest BCUT2D eigenvalue weighted by atomic mass is 9.65. The van der Waals surface area contributed by atoms with Crippen molar-refractivity contribution in [3.63, 3.8) is 0 Å². The van der Waals surface area contributed by atoms with E-state index in [4.69, 9.17) is 4.74 Å². The summed E-state index contributed by atoms with van der Waals surface area (Å²) in [6, 6.07) is 6.78. The Morgan fingerprint density at radius 2 is 2.14 bits per heavy atom. The van der Waals surface area contributed by atoms with Gasteiger partial charge in [-0.25, -0.2) is 4.98 Å². The van der Waals surface area contributed by atoms with Crippen LogP contribution in [0.15, 0.2) is 36.7 Å². The van der Waals surface area contributed by atoms with E-state index in [-0.39, 0.29) is 17.1 Å². The largest absolute Gasteiger partial charge is 0.481 e. The summed E-state index contributed by atoms with van der Waals surface area (Å²) in [5.41, 5.74) is 1.20. The van der Waals surface area contributed by atoms with Crippen LogP contribution < -0.4 is 4.74 Å². The van der Waals surface area contributed by atoms with Crippen molar-refractivity contribution >= 4 is 17.3 Å². The van der Waals surface area contributed by atoms with Crippen LogP contribution in [0.5, 0.6) is 5.75 Å². The molecule has 0 aliphatic carbocycles. The number of ether oxygens (including phenoxy) is 1. The van der Waals surface area contributed by atoms with Crippen LogP contribution in [0, 0.1) is 16.7 Å². The van der Waals surface area contributed by atoms with Gasteiger partial charge in [0.25, 0.3) is 0 Å². The summed E-state index contributed by atoms with van der Waals surface area (Å²) < 4.78 is 31.1.